The van der Waals surface area contributed by atoms with E-state index in [1.165, 1.54) is 0 Å². The maximum atomic E-state index is 11.9. The molecular formula is C15H24O4. The molecule has 2 aliphatic rings. The summed E-state index contributed by atoms with van der Waals surface area (Å²) in [7, 11) is 0. The molecule has 1 saturated carbocycles. The number of carbonyl (C=O) groups excluding carboxylic acids is 1. The first kappa shape index (κ1) is 14.7. The fourth-order valence-corrected chi connectivity index (χ4v) is 3.88. The first-order valence-corrected chi connectivity index (χ1v) is 6.91. The quantitative estimate of drug-likeness (QED) is 0.664. The lowest BCUT2D eigenvalue weighted by atomic mass is 9.57. The molecule has 3 N–H and O–H groups in total. The van der Waals surface area contributed by atoms with Gasteiger partial charge in [-0.25, -0.2) is 0 Å². The van der Waals surface area contributed by atoms with Gasteiger partial charge in [0.15, 0.2) is 5.78 Å². The monoisotopic (exact) mass is 268 g/mol. The van der Waals surface area contributed by atoms with Gasteiger partial charge >= 0.3 is 0 Å². The van der Waals surface area contributed by atoms with Crippen molar-refractivity contribution in [2.24, 2.45) is 17.3 Å². The lowest BCUT2D eigenvalue weighted by molar-refractivity contribution is -0.175. The van der Waals surface area contributed by atoms with Gasteiger partial charge in [-0.05, 0) is 38.7 Å². The second kappa shape index (κ2) is 4.40. The Morgan fingerprint density at radius 1 is 1.37 bits per heavy atom. The predicted molar refractivity (Wildman–Crippen MR) is 71.4 cm³/mol. The average Bonchev–Trinajstić information content (AvgIpc) is 2.52. The van der Waals surface area contributed by atoms with Crippen molar-refractivity contribution in [3.05, 3.63) is 11.6 Å². The van der Waals surface area contributed by atoms with Crippen molar-refractivity contribution in [1.82, 2.24) is 0 Å². The standard InChI is InChI=1S/C15H24O4/c1-8-6-15(7-11(8)17)9(2)5-10(16)12(13(15)18)14(3,4)19/h6,9-10,12-13,16,18-19H,5,7H2,1-4H3/t9-,10+,12-,13-,15+/m1/s1. The van der Waals surface area contributed by atoms with Crippen molar-refractivity contribution in [1.29, 1.82) is 0 Å². The topological polar surface area (TPSA) is 77.8 Å². The summed E-state index contributed by atoms with van der Waals surface area (Å²) in [5.41, 5.74) is -1.14. The van der Waals surface area contributed by atoms with Crippen molar-refractivity contribution < 1.29 is 20.1 Å². The molecule has 0 aliphatic heterocycles. The van der Waals surface area contributed by atoms with E-state index in [1.807, 2.05) is 13.0 Å². The zero-order chi connectivity index (χ0) is 14.6. The van der Waals surface area contributed by atoms with Crippen LogP contribution in [0.2, 0.25) is 0 Å². The summed E-state index contributed by atoms with van der Waals surface area (Å²) in [4.78, 5) is 11.9. The summed E-state index contributed by atoms with van der Waals surface area (Å²) in [5, 5.41) is 31.1. The minimum absolute atomic E-state index is 0.0116. The molecule has 4 nitrogen and oxygen atoms in total. The fourth-order valence-electron chi connectivity index (χ4n) is 3.88. The number of carbonyl (C=O) groups is 1. The van der Waals surface area contributed by atoms with Crippen LogP contribution in [0.3, 0.4) is 0 Å². The Bertz CT molecular complexity index is 420. The molecule has 5 atom stereocenters. The van der Waals surface area contributed by atoms with Gasteiger partial charge in [0.25, 0.3) is 0 Å². The molecule has 1 spiro atoms. The normalized spacial score (nSPS) is 43.7. The van der Waals surface area contributed by atoms with E-state index in [-0.39, 0.29) is 18.1 Å². The molecule has 4 heteroatoms. The van der Waals surface area contributed by atoms with Crippen molar-refractivity contribution >= 4 is 5.78 Å². The Hall–Kier alpha value is -0.710. The Morgan fingerprint density at radius 3 is 2.37 bits per heavy atom. The van der Waals surface area contributed by atoms with Gasteiger partial charge in [-0.15, -0.1) is 0 Å². The second-order valence-corrected chi connectivity index (χ2v) is 6.87. The van der Waals surface area contributed by atoms with E-state index < -0.39 is 29.1 Å². The predicted octanol–water partition coefficient (Wildman–Crippen LogP) is 1.04. The summed E-state index contributed by atoms with van der Waals surface area (Å²) in [6.07, 6.45) is 0.964. The molecule has 1 fully saturated rings. The van der Waals surface area contributed by atoms with Gasteiger partial charge in [-0.1, -0.05) is 13.0 Å². The third-order valence-corrected chi connectivity index (χ3v) is 5.03. The first-order valence-electron chi connectivity index (χ1n) is 6.91. The number of hydrogen-bond acceptors (Lipinski definition) is 4. The Labute approximate surface area is 114 Å². The fraction of sp³-hybridized carbons (Fsp3) is 0.800. The molecule has 0 aromatic carbocycles. The SMILES string of the molecule is CC1=C[C@]2(CC1=O)[C@H](C)C[C@H](O)[C@@H](C(C)(C)O)[C@H]2O. The maximum Gasteiger partial charge on any atom is 0.159 e. The lowest BCUT2D eigenvalue weighted by Gasteiger charge is -2.51. The van der Waals surface area contributed by atoms with Gasteiger partial charge in [0.2, 0.25) is 0 Å². The van der Waals surface area contributed by atoms with Crippen LogP contribution in [0.15, 0.2) is 11.6 Å². The highest BCUT2D eigenvalue weighted by Gasteiger charge is 2.57. The summed E-state index contributed by atoms with van der Waals surface area (Å²) in [5.74, 6) is -0.576. The molecule has 19 heavy (non-hydrogen) atoms. The molecule has 0 bridgehead atoms. The molecule has 2 aliphatic carbocycles. The van der Waals surface area contributed by atoms with Crippen LogP contribution in [-0.4, -0.2) is 38.9 Å². The van der Waals surface area contributed by atoms with Crippen LogP contribution in [0.5, 0.6) is 0 Å². The number of aliphatic hydroxyl groups excluding tert-OH is 2. The minimum Gasteiger partial charge on any atom is -0.393 e. The van der Waals surface area contributed by atoms with Crippen molar-refractivity contribution in [3.8, 4) is 0 Å². The van der Waals surface area contributed by atoms with Crippen molar-refractivity contribution in [3.63, 3.8) is 0 Å². The molecule has 0 aromatic heterocycles. The van der Waals surface area contributed by atoms with Crippen LogP contribution in [0.1, 0.15) is 40.5 Å². The van der Waals surface area contributed by atoms with Crippen molar-refractivity contribution in [2.75, 3.05) is 0 Å². The van der Waals surface area contributed by atoms with Gasteiger partial charge in [0.05, 0.1) is 17.8 Å². The van der Waals surface area contributed by atoms with E-state index in [4.69, 9.17) is 0 Å². The van der Waals surface area contributed by atoms with E-state index in [9.17, 15) is 20.1 Å². The van der Waals surface area contributed by atoms with Crippen LogP contribution in [0, 0.1) is 17.3 Å². The summed E-state index contributed by atoms with van der Waals surface area (Å²) < 4.78 is 0. The number of allylic oxidation sites excluding steroid dienone is 1. The van der Waals surface area contributed by atoms with Gasteiger partial charge in [-0.3, -0.25) is 4.79 Å². The van der Waals surface area contributed by atoms with E-state index in [2.05, 4.69) is 0 Å². The maximum absolute atomic E-state index is 11.9. The molecule has 108 valence electrons. The van der Waals surface area contributed by atoms with E-state index in [0.717, 1.165) is 0 Å². The molecule has 0 unspecified atom stereocenters. The highest BCUT2D eigenvalue weighted by atomic mass is 16.3. The van der Waals surface area contributed by atoms with Crippen LogP contribution < -0.4 is 0 Å². The summed E-state index contributed by atoms with van der Waals surface area (Å²) >= 11 is 0. The largest absolute Gasteiger partial charge is 0.393 e. The van der Waals surface area contributed by atoms with Crippen molar-refractivity contribution in [2.45, 2.75) is 58.3 Å². The molecule has 2 rings (SSSR count). The second-order valence-electron chi connectivity index (χ2n) is 6.87. The first-order chi connectivity index (χ1) is 8.59. The number of hydrogen-bond donors (Lipinski definition) is 3. The summed E-state index contributed by atoms with van der Waals surface area (Å²) in [6, 6.07) is 0. The molecular weight excluding hydrogens is 244 g/mol. The highest BCUT2D eigenvalue weighted by molar-refractivity contribution is 5.98. The van der Waals surface area contributed by atoms with E-state index in [1.54, 1.807) is 20.8 Å². The van der Waals surface area contributed by atoms with Crippen LogP contribution in [0.4, 0.5) is 0 Å². The molecule has 0 radical (unpaired) electrons. The van der Waals surface area contributed by atoms with Gasteiger partial charge < -0.3 is 15.3 Å². The number of Topliss-reactive ketones (excluding diaryl/α,β-unsaturated/α-hetero) is 1. The van der Waals surface area contributed by atoms with Gasteiger partial charge in [0, 0.05) is 17.8 Å². The smallest absolute Gasteiger partial charge is 0.159 e. The van der Waals surface area contributed by atoms with E-state index >= 15 is 0 Å². The molecule has 0 heterocycles. The lowest BCUT2D eigenvalue weighted by Crippen LogP contribution is -2.59. The van der Waals surface area contributed by atoms with E-state index in [0.29, 0.717) is 12.0 Å². The third-order valence-electron chi connectivity index (χ3n) is 5.03. The molecule has 0 aromatic rings. The minimum atomic E-state index is -1.18. The van der Waals surface area contributed by atoms with Gasteiger partial charge in [0.1, 0.15) is 0 Å². The summed E-state index contributed by atoms with van der Waals surface area (Å²) in [6.45, 7) is 6.92. The van der Waals surface area contributed by atoms with Crippen LogP contribution >= 0.6 is 0 Å². The Morgan fingerprint density at radius 2 is 1.95 bits per heavy atom. The Kier molecular flexibility index (Phi) is 3.40. The number of ketones is 1. The third kappa shape index (κ3) is 2.16. The zero-order valence-electron chi connectivity index (χ0n) is 12.1. The van der Waals surface area contributed by atoms with Crippen LogP contribution in [0.25, 0.3) is 0 Å². The number of aliphatic hydroxyl groups is 3. The zero-order valence-corrected chi connectivity index (χ0v) is 12.1. The van der Waals surface area contributed by atoms with Crippen LogP contribution in [-0.2, 0) is 4.79 Å². The molecule has 0 saturated heterocycles. The molecule has 0 amide bonds. The highest BCUT2D eigenvalue weighted by Crippen LogP contribution is 2.53. The average molecular weight is 268 g/mol. The van der Waals surface area contributed by atoms with Gasteiger partial charge in [-0.2, -0.15) is 0 Å². The Balaban J connectivity index is 2.43. The number of rotatable bonds is 1.